The van der Waals surface area contributed by atoms with Crippen LogP contribution < -0.4 is 4.74 Å². The van der Waals surface area contributed by atoms with Gasteiger partial charge >= 0.3 is 0 Å². The number of nitrogens with zero attached hydrogens (tertiary/aromatic N) is 2. The summed E-state index contributed by atoms with van der Waals surface area (Å²) in [5, 5.41) is 3.77. The maximum atomic E-state index is 5.10. The molecule has 0 N–H and O–H groups in total. The average Bonchev–Trinajstić information content (AvgIpc) is 2.73. The number of ether oxygens (including phenoxy) is 1. The van der Waals surface area contributed by atoms with E-state index in [2.05, 4.69) is 10.1 Å². The van der Waals surface area contributed by atoms with Crippen molar-refractivity contribution in [1.82, 2.24) is 5.16 Å². The van der Waals surface area contributed by atoms with Crippen molar-refractivity contribution >= 4 is 11.9 Å². The molecule has 0 aliphatic carbocycles. The molecule has 1 aromatic carbocycles. The molecule has 0 aliphatic heterocycles. The lowest BCUT2D eigenvalue weighted by Crippen LogP contribution is -1.81. The highest BCUT2D eigenvalue weighted by atomic mass is 16.5. The Morgan fingerprint density at radius 3 is 2.94 bits per heavy atom. The lowest BCUT2D eigenvalue weighted by molar-refractivity contribution is 0.410. The van der Waals surface area contributed by atoms with Crippen molar-refractivity contribution in [2.45, 2.75) is 6.92 Å². The van der Waals surface area contributed by atoms with Gasteiger partial charge in [-0.05, 0) is 19.1 Å². The standard InChI is InChI=1S/C12H12N2O2/c1-9-6-12(16-14-9)8-13-10-4-3-5-11(7-10)15-2/h3-8H,1-2H3/b13-8+. The first-order chi connectivity index (χ1) is 7.78. The molecule has 0 radical (unpaired) electrons. The highest BCUT2D eigenvalue weighted by molar-refractivity contribution is 5.78. The van der Waals surface area contributed by atoms with Crippen molar-refractivity contribution in [2.24, 2.45) is 4.99 Å². The van der Waals surface area contributed by atoms with Gasteiger partial charge in [-0.25, -0.2) is 0 Å². The highest BCUT2D eigenvalue weighted by Gasteiger charge is 1.96. The van der Waals surface area contributed by atoms with Gasteiger partial charge in [0.15, 0.2) is 5.76 Å². The monoisotopic (exact) mass is 216 g/mol. The molecule has 4 nitrogen and oxygen atoms in total. The molecule has 0 aliphatic rings. The molecule has 0 fully saturated rings. The van der Waals surface area contributed by atoms with Crippen LogP contribution in [0.1, 0.15) is 11.5 Å². The van der Waals surface area contributed by atoms with Gasteiger partial charge in [0.05, 0.1) is 24.7 Å². The Hall–Kier alpha value is -2.10. The van der Waals surface area contributed by atoms with Crippen molar-refractivity contribution in [3.63, 3.8) is 0 Å². The van der Waals surface area contributed by atoms with Crippen molar-refractivity contribution < 1.29 is 9.26 Å². The minimum absolute atomic E-state index is 0.639. The third-order valence-corrected chi connectivity index (χ3v) is 2.04. The van der Waals surface area contributed by atoms with Gasteiger partial charge in [-0.3, -0.25) is 4.99 Å². The zero-order chi connectivity index (χ0) is 11.4. The van der Waals surface area contributed by atoms with E-state index in [1.807, 2.05) is 37.3 Å². The SMILES string of the molecule is COc1cccc(/N=C/c2cc(C)no2)c1. The first-order valence-corrected chi connectivity index (χ1v) is 4.89. The molecule has 1 heterocycles. The number of aromatic nitrogens is 1. The molecule has 4 heteroatoms. The molecular formula is C12H12N2O2. The number of benzene rings is 1. The lowest BCUT2D eigenvalue weighted by atomic mass is 10.3. The van der Waals surface area contributed by atoms with Crippen LogP contribution in [0.25, 0.3) is 0 Å². The van der Waals surface area contributed by atoms with Gasteiger partial charge < -0.3 is 9.26 Å². The summed E-state index contributed by atoms with van der Waals surface area (Å²) in [5.41, 5.74) is 1.65. The zero-order valence-electron chi connectivity index (χ0n) is 9.18. The van der Waals surface area contributed by atoms with Crippen LogP contribution in [-0.2, 0) is 0 Å². The van der Waals surface area contributed by atoms with Gasteiger partial charge in [0.2, 0.25) is 0 Å². The molecular weight excluding hydrogens is 204 g/mol. The van der Waals surface area contributed by atoms with Crippen molar-refractivity contribution in [2.75, 3.05) is 7.11 Å². The van der Waals surface area contributed by atoms with Gasteiger partial charge in [0.1, 0.15) is 5.75 Å². The van der Waals surface area contributed by atoms with Gasteiger partial charge in [0.25, 0.3) is 0 Å². The molecule has 0 spiro atoms. The van der Waals surface area contributed by atoms with Crippen LogP contribution in [0.15, 0.2) is 39.8 Å². The molecule has 16 heavy (non-hydrogen) atoms. The maximum Gasteiger partial charge on any atom is 0.178 e. The predicted octanol–water partition coefficient (Wildman–Crippen LogP) is 2.74. The fourth-order valence-corrected chi connectivity index (χ4v) is 1.27. The lowest BCUT2D eigenvalue weighted by Gasteiger charge is -1.98. The second-order valence-corrected chi connectivity index (χ2v) is 3.33. The van der Waals surface area contributed by atoms with Crippen LogP contribution in [0, 0.1) is 6.92 Å². The van der Waals surface area contributed by atoms with Crippen molar-refractivity contribution in [3.05, 3.63) is 41.8 Å². The summed E-state index contributed by atoms with van der Waals surface area (Å²) in [6.07, 6.45) is 1.63. The van der Waals surface area contributed by atoms with E-state index in [1.54, 1.807) is 13.3 Å². The number of rotatable bonds is 3. The van der Waals surface area contributed by atoms with Gasteiger partial charge in [-0.1, -0.05) is 11.2 Å². The fraction of sp³-hybridized carbons (Fsp3) is 0.167. The van der Waals surface area contributed by atoms with E-state index < -0.39 is 0 Å². The van der Waals surface area contributed by atoms with Crippen LogP contribution in [0.4, 0.5) is 5.69 Å². The van der Waals surface area contributed by atoms with Crippen LogP contribution in [0.5, 0.6) is 5.75 Å². The van der Waals surface area contributed by atoms with Gasteiger partial charge in [0, 0.05) is 12.1 Å². The van der Waals surface area contributed by atoms with Gasteiger partial charge in [-0.2, -0.15) is 0 Å². The highest BCUT2D eigenvalue weighted by Crippen LogP contribution is 2.19. The Morgan fingerprint density at radius 1 is 1.38 bits per heavy atom. The normalized spacial score (nSPS) is 10.9. The number of hydrogen-bond donors (Lipinski definition) is 0. The molecule has 0 bridgehead atoms. The van der Waals surface area contributed by atoms with E-state index in [0.717, 1.165) is 17.1 Å². The Labute approximate surface area is 93.6 Å². The molecule has 1 aromatic heterocycles. The zero-order valence-corrected chi connectivity index (χ0v) is 9.18. The number of hydrogen-bond acceptors (Lipinski definition) is 4. The van der Waals surface area contributed by atoms with Crippen LogP contribution in [0.3, 0.4) is 0 Å². The molecule has 2 rings (SSSR count). The smallest absolute Gasteiger partial charge is 0.178 e. The number of aliphatic imine (C=N–C) groups is 1. The Bertz CT molecular complexity index is 503. The Morgan fingerprint density at radius 2 is 2.25 bits per heavy atom. The summed E-state index contributed by atoms with van der Waals surface area (Å²) in [6.45, 7) is 1.87. The molecule has 0 atom stereocenters. The second kappa shape index (κ2) is 4.61. The van der Waals surface area contributed by atoms with E-state index in [-0.39, 0.29) is 0 Å². The van der Waals surface area contributed by atoms with Crippen LogP contribution in [-0.4, -0.2) is 18.5 Å². The third kappa shape index (κ3) is 2.48. The maximum absolute atomic E-state index is 5.10. The summed E-state index contributed by atoms with van der Waals surface area (Å²) in [4.78, 5) is 4.26. The predicted molar refractivity (Wildman–Crippen MR) is 61.5 cm³/mol. The van der Waals surface area contributed by atoms with E-state index >= 15 is 0 Å². The van der Waals surface area contributed by atoms with E-state index in [4.69, 9.17) is 9.26 Å². The van der Waals surface area contributed by atoms with Crippen LogP contribution >= 0.6 is 0 Å². The Balaban J connectivity index is 2.16. The summed E-state index contributed by atoms with van der Waals surface area (Å²) < 4.78 is 10.1. The average molecular weight is 216 g/mol. The second-order valence-electron chi connectivity index (χ2n) is 3.33. The Kier molecular flexibility index (Phi) is 3.00. The molecule has 0 saturated carbocycles. The quantitative estimate of drug-likeness (QED) is 0.741. The molecule has 0 saturated heterocycles. The summed E-state index contributed by atoms with van der Waals surface area (Å²) in [6, 6.07) is 9.32. The van der Waals surface area contributed by atoms with Crippen LogP contribution in [0.2, 0.25) is 0 Å². The molecule has 82 valence electrons. The largest absolute Gasteiger partial charge is 0.497 e. The van der Waals surface area contributed by atoms with Crippen molar-refractivity contribution in [1.29, 1.82) is 0 Å². The third-order valence-electron chi connectivity index (χ3n) is 2.04. The number of aryl methyl sites for hydroxylation is 1. The summed E-state index contributed by atoms with van der Waals surface area (Å²) in [5.74, 6) is 1.42. The minimum Gasteiger partial charge on any atom is -0.497 e. The topological polar surface area (TPSA) is 47.6 Å². The first-order valence-electron chi connectivity index (χ1n) is 4.89. The van der Waals surface area contributed by atoms with E-state index in [0.29, 0.717) is 5.76 Å². The summed E-state index contributed by atoms with van der Waals surface area (Å²) in [7, 11) is 1.63. The van der Waals surface area contributed by atoms with E-state index in [1.165, 1.54) is 0 Å². The molecule has 2 aromatic rings. The van der Waals surface area contributed by atoms with E-state index in [9.17, 15) is 0 Å². The minimum atomic E-state index is 0.639. The van der Waals surface area contributed by atoms with Gasteiger partial charge in [-0.15, -0.1) is 0 Å². The molecule has 0 unspecified atom stereocenters. The first kappa shape index (κ1) is 10.4. The fourth-order valence-electron chi connectivity index (χ4n) is 1.27. The molecule has 0 amide bonds. The number of methoxy groups -OCH3 is 1. The van der Waals surface area contributed by atoms with Crippen molar-refractivity contribution in [3.8, 4) is 5.75 Å². The summed E-state index contributed by atoms with van der Waals surface area (Å²) >= 11 is 0.